The van der Waals surface area contributed by atoms with E-state index in [1.54, 1.807) is 0 Å². The summed E-state index contributed by atoms with van der Waals surface area (Å²) in [7, 11) is 0. The third kappa shape index (κ3) is 5.56. The van der Waals surface area contributed by atoms with Gasteiger partial charge in [-0.2, -0.15) is 0 Å². The summed E-state index contributed by atoms with van der Waals surface area (Å²) >= 11 is 0. The number of rotatable bonds is 1. The minimum atomic E-state index is -0.0676. The summed E-state index contributed by atoms with van der Waals surface area (Å²) in [5.41, 5.74) is -0.0676. The van der Waals surface area contributed by atoms with Crippen LogP contribution in [0, 0.1) is 35.5 Å². The smallest absolute Gasteiger partial charge is 0.0364 e. The van der Waals surface area contributed by atoms with Crippen molar-refractivity contribution >= 4 is 0 Å². The van der Waals surface area contributed by atoms with Crippen LogP contribution in [0.15, 0.2) is 0 Å². The number of hydrogen-bond donors (Lipinski definition) is 0. The van der Waals surface area contributed by atoms with Crippen molar-refractivity contribution in [2.45, 2.75) is 34.1 Å². The lowest BCUT2D eigenvalue weighted by atomic mass is 9.91. The fraction of sp³-hybridized carbons (Fsp3) is 0.636. The Balaban J connectivity index is 3.93. The molecule has 0 aliphatic carbocycles. The molecule has 0 radical (unpaired) electrons. The average Bonchev–Trinajstić information content (AvgIpc) is 1.87. The average molecular weight is 148 g/mol. The molecule has 0 heterocycles. The lowest BCUT2D eigenvalue weighted by Crippen LogP contribution is -2.05. The van der Waals surface area contributed by atoms with Gasteiger partial charge in [0.15, 0.2) is 0 Å². The summed E-state index contributed by atoms with van der Waals surface area (Å²) in [5, 5.41) is 0. The van der Waals surface area contributed by atoms with Gasteiger partial charge >= 0.3 is 0 Å². The zero-order valence-corrected chi connectivity index (χ0v) is 7.86. The second kappa shape index (κ2) is 4.09. The maximum Gasteiger partial charge on any atom is 0.0364 e. The first-order valence-electron chi connectivity index (χ1n) is 3.94. The van der Waals surface area contributed by atoms with Gasteiger partial charge in [0, 0.05) is 17.8 Å². The van der Waals surface area contributed by atoms with E-state index in [2.05, 4.69) is 31.6 Å². The molecule has 11 heavy (non-hydrogen) atoms. The molecule has 0 nitrogen and oxygen atoms in total. The van der Waals surface area contributed by atoms with E-state index >= 15 is 0 Å². The Morgan fingerprint density at radius 2 is 1.91 bits per heavy atom. The van der Waals surface area contributed by atoms with E-state index in [-0.39, 0.29) is 5.41 Å². The van der Waals surface area contributed by atoms with Gasteiger partial charge in [0.25, 0.3) is 0 Å². The van der Waals surface area contributed by atoms with Crippen molar-refractivity contribution in [3.05, 3.63) is 0 Å². The minimum absolute atomic E-state index is 0.0676. The SMILES string of the molecule is C#CC(C)(C)CC#CC(C)C. The summed E-state index contributed by atoms with van der Waals surface area (Å²) in [6.07, 6.45) is 6.10. The van der Waals surface area contributed by atoms with E-state index < -0.39 is 0 Å². The molecule has 0 saturated heterocycles. The van der Waals surface area contributed by atoms with Crippen LogP contribution < -0.4 is 0 Å². The van der Waals surface area contributed by atoms with Gasteiger partial charge in [0.1, 0.15) is 0 Å². The van der Waals surface area contributed by atoms with Crippen molar-refractivity contribution in [2.75, 3.05) is 0 Å². The monoisotopic (exact) mass is 148 g/mol. The molecule has 0 atom stereocenters. The Morgan fingerprint density at radius 1 is 1.36 bits per heavy atom. The van der Waals surface area contributed by atoms with E-state index in [1.807, 2.05) is 13.8 Å². The van der Waals surface area contributed by atoms with Gasteiger partial charge in [-0.3, -0.25) is 0 Å². The van der Waals surface area contributed by atoms with Crippen molar-refractivity contribution in [1.29, 1.82) is 0 Å². The standard InChI is InChI=1S/C11H16/c1-6-11(4,5)9-7-8-10(2)3/h1,10H,9H2,2-5H3. The maximum absolute atomic E-state index is 5.31. The topological polar surface area (TPSA) is 0 Å². The fourth-order valence-corrected chi connectivity index (χ4v) is 0.527. The Kier molecular flexibility index (Phi) is 3.77. The van der Waals surface area contributed by atoms with Crippen molar-refractivity contribution < 1.29 is 0 Å². The van der Waals surface area contributed by atoms with Crippen LogP contribution in [0.5, 0.6) is 0 Å². The molecule has 0 aromatic heterocycles. The van der Waals surface area contributed by atoms with E-state index in [4.69, 9.17) is 6.42 Å². The molecular weight excluding hydrogens is 132 g/mol. The predicted octanol–water partition coefficient (Wildman–Crippen LogP) is 2.70. The van der Waals surface area contributed by atoms with Crippen molar-refractivity contribution in [1.82, 2.24) is 0 Å². The predicted molar refractivity (Wildman–Crippen MR) is 49.8 cm³/mol. The molecule has 0 aliphatic rings. The summed E-state index contributed by atoms with van der Waals surface area (Å²) < 4.78 is 0. The van der Waals surface area contributed by atoms with E-state index in [0.29, 0.717) is 5.92 Å². The van der Waals surface area contributed by atoms with Crippen LogP contribution in [0.3, 0.4) is 0 Å². The molecule has 0 amide bonds. The van der Waals surface area contributed by atoms with Gasteiger partial charge in [-0.05, 0) is 13.8 Å². The molecule has 0 aromatic rings. The Labute approximate surface area is 70.4 Å². The molecule has 0 N–H and O–H groups in total. The van der Waals surface area contributed by atoms with E-state index in [9.17, 15) is 0 Å². The second-order valence-electron chi connectivity index (χ2n) is 3.68. The fourth-order valence-electron chi connectivity index (χ4n) is 0.527. The lowest BCUT2D eigenvalue weighted by molar-refractivity contribution is 0.522. The first-order chi connectivity index (χ1) is 4.98. The molecule has 0 spiro atoms. The molecule has 60 valence electrons. The molecule has 0 heteroatoms. The maximum atomic E-state index is 5.31. The molecule has 0 aromatic carbocycles. The van der Waals surface area contributed by atoms with Crippen LogP contribution in [-0.4, -0.2) is 0 Å². The van der Waals surface area contributed by atoms with Crippen molar-refractivity contribution in [3.8, 4) is 24.2 Å². The van der Waals surface area contributed by atoms with Crippen molar-refractivity contribution in [3.63, 3.8) is 0 Å². The number of hydrogen-bond acceptors (Lipinski definition) is 0. The molecule has 0 fully saturated rings. The van der Waals surface area contributed by atoms with Gasteiger partial charge in [-0.25, -0.2) is 0 Å². The van der Waals surface area contributed by atoms with Crippen LogP contribution in [0.25, 0.3) is 0 Å². The Hall–Kier alpha value is -0.880. The van der Waals surface area contributed by atoms with Crippen LogP contribution >= 0.6 is 0 Å². The second-order valence-corrected chi connectivity index (χ2v) is 3.68. The highest BCUT2D eigenvalue weighted by atomic mass is 14.1. The molecule has 0 unspecified atom stereocenters. The van der Waals surface area contributed by atoms with Crippen LogP contribution in [0.1, 0.15) is 34.1 Å². The summed E-state index contributed by atoms with van der Waals surface area (Å²) in [5.74, 6) is 9.33. The largest absolute Gasteiger partial charge is 0.120 e. The molecular formula is C11H16. The third-order valence-corrected chi connectivity index (χ3v) is 1.31. The summed E-state index contributed by atoms with van der Waals surface area (Å²) in [6, 6.07) is 0. The molecule has 0 aliphatic heterocycles. The Bertz CT molecular complexity index is 202. The normalized spacial score (nSPS) is 10.2. The first kappa shape index (κ1) is 10.1. The van der Waals surface area contributed by atoms with Gasteiger partial charge in [0.05, 0.1) is 0 Å². The minimum Gasteiger partial charge on any atom is -0.120 e. The van der Waals surface area contributed by atoms with Gasteiger partial charge in [-0.1, -0.05) is 19.8 Å². The van der Waals surface area contributed by atoms with E-state index in [0.717, 1.165) is 6.42 Å². The third-order valence-electron chi connectivity index (χ3n) is 1.31. The Morgan fingerprint density at radius 3 is 2.27 bits per heavy atom. The first-order valence-corrected chi connectivity index (χ1v) is 3.94. The summed E-state index contributed by atoms with van der Waals surface area (Å²) in [6.45, 7) is 8.22. The highest BCUT2D eigenvalue weighted by Crippen LogP contribution is 2.16. The lowest BCUT2D eigenvalue weighted by Gasteiger charge is -2.11. The molecule has 0 bridgehead atoms. The van der Waals surface area contributed by atoms with Crippen LogP contribution in [0.4, 0.5) is 0 Å². The van der Waals surface area contributed by atoms with Crippen molar-refractivity contribution in [2.24, 2.45) is 11.3 Å². The highest BCUT2D eigenvalue weighted by Gasteiger charge is 2.10. The van der Waals surface area contributed by atoms with Crippen LogP contribution in [-0.2, 0) is 0 Å². The quantitative estimate of drug-likeness (QED) is 0.501. The highest BCUT2D eigenvalue weighted by molar-refractivity contribution is 5.10. The van der Waals surface area contributed by atoms with Gasteiger partial charge in [-0.15, -0.1) is 18.3 Å². The van der Waals surface area contributed by atoms with Gasteiger partial charge < -0.3 is 0 Å². The molecule has 0 rings (SSSR count). The summed E-state index contributed by atoms with van der Waals surface area (Å²) in [4.78, 5) is 0. The molecule has 0 saturated carbocycles. The zero-order valence-electron chi connectivity index (χ0n) is 7.86. The van der Waals surface area contributed by atoms with E-state index in [1.165, 1.54) is 0 Å². The van der Waals surface area contributed by atoms with Crippen LogP contribution in [0.2, 0.25) is 0 Å². The zero-order chi connectivity index (χ0) is 8.91. The number of terminal acetylenes is 1. The van der Waals surface area contributed by atoms with Gasteiger partial charge in [0.2, 0.25) is 0 Å².